The number of esters is 1. The number of hydrogen-bond acceptors (Lipinski definition) is 7. The van der Waals surface area contributed by atoms with E-state index in [2.05, 4.69) is 5.43 Å². The van der Waals surface area contributed by atoms with Gasteiger partial charge in [-0.05, 0) is 25.0 Å². The monoisotopic (exact) mass is 501 g/mol. The molecule has 0 aliphatic carbocycles. The fourth-order valence-corrected chi connectivity index (χ4v) is 3.43. The third kappa shape index (κ3) is 6.64. The van der Waals surface area contributed by atoms with Crippen molar-refractivity contribution < 1.29 is 28.6 Å². The second kappa shape index (κ2) is 12.7. The zero-order valence-electron chi connectivity index (χ0n) is 20.5. The van der Waals surface area contributed by atoms with Crippen molar-refractivity contribution in [2.24, 2.45) is 0 Å². The Balaban J connectivity index is 1.97. The number of carbonyl (C=O) groups is 3. The molecule has 0 aliphatic heterocycles. The molecule has 3 rings (SSSR count). The number of nitrogens with zero attached hydrogens (tertiary/aromatic N) is 2. The standard InChI is InChI=1S/C28H27N3O6/c1-3-35-25(32)28(20-29,24-16-14-21(2)15-17-24)31(27(34)37-19-23-12-8-5-9-13-23)30-26(33)36-18-22-10-6-4-7-11-22/h4-17H,3,18-19H2,1-2H3,(H,30,33). The molecule has 1 unspecified atom stereocenters. The van der Waals surface area contributed by atoms with Crippen LogP contribution in [0, 0.1) is 18.3 Å². The minimum Gasteiger partial charge on any atom is -0.463 e. The summed E-state index contributed by atoms with van der Waals surface area (Å²) in [4.78, 5) is 39.4. The summed E-state index contributed by atoms with van der Waals surface area (Å²) in [7, 11) is 0. The SMILES string of the molecule is CCOC(=O)C(C#N)(c1ccc(C)cc1)N(NC(=O)OCc1ccccc1)C(=O)OCc1ccccc1. The summed E-state index contributed by atoms with van der Waals surface area (Å²) >= 11 is 0. The summed E-state index contributed by atoms with van der Waals surface area (Å²) in [6.45, 7) is 3.04. The van der Waals surface area contributed by atoms with Crippen molar-refractivity contribution in [2.75, 3.05) is 6.61 Å². The fraction of sp³-hybridized carbons (Fsp3) is 0.214. The van der Waals surface area contributed by atoms with Gasteiger partial charge >= 0.3 is 18.2 Å². The van der Waals surface area contributed by atoms with Gasteiger partial charge in [0.2, 0.25) is 0 Å². The van der Waals surface area contributed by atoms with E-state index in [-0.39, 0.29) is 25.4 Å². The van der Waals surface area contributed by atoms with Crippen LogP contribution in [0.1, 0.15) is 29.2 Å². The molecule has 0 bridgehead atoms. The third-order valence-corrected chi connectivity index (χ3v) is 5.34. The molecule has 9 nitrogen and oxygen atoms in total. The number of nitriles is 1. The maximum atomic E-state index is 13.4. The normalized spacial score (nSPS) is 11.8. The predicted molar refractivity (Wildman–Crippen MR) is 133 cm³/mol. The number of benzene rings is 3. The molecular formula is C28H27N3O6. The van der Waals surface area contributed by atoms with E-state index in [1.807, 2.05) is 19.1 Å². The average molecular weight is 502 g/mol. The molecule has 0 saturated carbocycles. The molecule has 0 saturated heterocycles. The van der Waals surface area contributed by atoms with Crippen LogP contribution < -0.4 is 5.43 Å². The van der Waals surface area contributed by atoms with Crippen molar-refractivity contribution in [1.82, 2.24) is 10.4 Å². The van der Waals surface area contributed by atoms with E-state index in [1.165, 1.54) is 12.1 Å². The second-order valence-corrected chi connectivity index (χ2v) is 7.96. The molecule has 0 radical (unpaired) electrons. The molecule has 3 aromatic rings. The Bertz CT molecular complexity index is 1240. The number of hydrazine groups is 1. The van der Waals surface area contributed by atoms with Crippen LogP contribution in [0.25, 0.3) is 0 Å². The molecule has 37 heavy (non-hydrogen) atoms. The van der Waals surface area contributed by atoms with E-state index in [0.29, 0.717) is 16.1 Å². The van der Waals surface area contributed by atoms with Crippen LogP contribution in [-0.2, 0) is 37.8 Å². The highest BCUT2D eigenvalue weighted by atomic mass is 16.6. The van der Waals surface area contributed by atoms with Crippen LogP contribution in [0.4, 0.5) is 9.59 Å². The van der Waals surface area contributed by atoms with Gasteiger partial charge in [-0.3, -0.25) is 0 Å². The number of carbonyl (C=O) groups excluding carboxylic acids is 3. The first-order valence-electron chi connectivity index (χ1n) is 11.5. The molecule has 9 heteroatoms. The van der Waals surface area contributed by atoms with Crippen molar-refractivity contribution in [2.45, 2.75) is 32.6 Å². The first-order valence-corrected chi connectivity index (χ1v) is 11.5. The Kier molecular flexibility index (Phi) is 9.22. The number of ether oxygens (including phenoxy) is 3. The Labute approximate surface area is 215 Å². The van der Waals surface area contributed by atoms with E-state index in [9.17, 15) is 19.6 Å². The van der Waals surface area contributed by atoms with Crippen LogP contribution in [0.5, 0.6) is 0 Å². The first-order chi connectivity index (χ1) is 17.9. The van der Waals surface area contributed by atoms with Crippen LogP contribution >= 0.6 is 0 Å². The maximum Gasteiger partial charge on any atom is 0.431 e. The van der Waals surface area contributed by atoms with Gasteiger partial charge in [-0.15, -0.1) is 0 Å². The summed E-state index contributed by atoms with van der Waals surface area (Å²) < 4.78 is 15.8. The lowest BCUT2D eigenvalue weighted by Gasteiger charge is -2.35. The number of aryl methyl sites for hydroxylation is 1. The fourth-order valence-electron chi connectivity index (χ4n) is 3.43. The van der Waals surface area contributed by atoms with Gasteiger partial charge in [0.05, 0.1) is 6.61 Å². The summed E-state index contributed by atoms with van der Waals surface area (Å²) in [5.74, 6) is -1.07. The molecule has 0 aromatic heterocycles. The third-order valence-electron chi connectivity index (χ3n) is 5.34. The highest BCUT2D eigenvalue weighted by Gasteiger charge is 2.53. The van der Waals surface area contributed by atoms with Crippen molar-refractivity contribution in [1.29, 1.82) is 5.26 Å². The summed E-state index contributed by atoms with van der Waals surface area (Å²) in [5, 5.41) is 10.8. The topological polar surface area (TPSA) is 118 Å². The van der Waals surface area contributed by atoms with Crippen LogP contribution in [0.3, 0.4) is 0 Å². The predicted octanol–water partition coefficient (Wildman–Crippen LogP) is 4.76. The minimum atomic E-state index is -2.40. The van der Waals surface area contributed by atoms with Gasteiger partial charge in [-0.1, -0.05) is 90.5 Å². The number of hydrogen-bond donors (Lipinski definition) is 1. The highest BCUT2D eigenvalue weighted by molar-refractivity contribution is 5.91. The van der Waals surface area contributed by atoms with E-state index in [0.717, 1.165) is 5.56 Å². The lowest BCUT2D eigenvalue weighted by molar-refractivity contribution is -0.155. The first kappa shape index (κ1) is 26.8. The van der Waals surface area contributed by atoms with Crippen molar-refractivity contribution in [3.8, 4) is 6.07 Å². The number of rotatable bonds is 8. The zero-order chi connectivity index (χ0) is 26.7. The quantitative estimate of drug-likeness (QED) is 0.269. The lowest BCUT2D eigenvalue weighted by Crippen LogP contribution is -2.61. The molecule has 190 valence electrons. The van der Waals surface area contributed by atoms with Crippen molar-refractivity contribution in [3.05, 3.63) is 107 Å². The molecule has 2 amide bonds. The number of amides is 2. The van der Waals surface area contributed by atoms with Gasteiger partial charge in [-0.25, -0.2) is 19.8 Å². The molecule has 0 spiro atoms. The van der Waals surface area contributed by atoms with Crippen molar-refractivity contribution >= 4 is 18.2 Å². The Morgan fingerprint density at radius 1 is 0.838 bits per heavy atom. The highest BCUT2D eigenvalue weighted by Crippen LogP contribution is 2.30. The Hall–Kier alpha value is -4.84. The molecule has 0 heterocycles. The summed E-state index contributed by atoms with van der Waals surface area (Å²) in [6, 6.07) is 25.9. The minimum absolute atomic E-state index is 0.0700. The smallest absolute Gasteiger partial charge is 0.431 e. The summed E-state index contributed by atoms with van der Waals surface area (Å²) in [5.41, 5.74) is 2.16. The van der Waals surface area contributed by atoms with E-state index < -0.39 is 23.7 Å². The van der Waals surface area contributed by atoms with E-state index in [1.54, 1.807) is 73.7 Å². The van der Waals surface area contributed by atoms with Gasteiger partial charge in [0.25, 0.3) is 5.54 Å². The maximum absolute atomic E-state index is 13.4. The lowest BCUT2D eigenvalue weighted by atomic mass is 9.90. The van der Waals surface area contributed by atoms with Gasteiger partial charge in [0.15, 0.2) is 0 Å². The van der Waals surface area contributed by atoms with Gasteiger partial charge in [0, 0.05) is 5.56 Å². The zero-order valence-corrected chi connectivity index (χ0v) is 20.5. The molecule has 0 aliphatic rings. The molecule has 0 fully saturated rings. The Morgan fingerprint density at radius 3 is 1.89 bits per heavy atom. The largest absolute Gasteiger partial charge is 0.463 e. The average Bonchev–Trinajstić information content (AvgIpc) is 2.93. The van der Waals surface area contributed by atoms with E-state index in [4.69, 9.17) is 14.2 Å². The van der Waals surface area contributed by atoms with Crippen LogP contribution in [0.2, 0.25) is 0 Å². The van der Waals surface area contributed by atoms with Crippen LogP contribution in [-0.4, -0.2) is 29.8 Å². The second-order valence-electron chi connectivity index (χ2n) is 7.96. The van der Waals surface area contributed by atoms with Crippen LogP contribution in [0.15, 0.2) is 84.9 Å². The molecule has 1 atom stereocenters. The molecular weight excluding hydrogens is 474 g/mol. The Morgan fingerprint density at radius 2 is 1.38 bits per heavy atom. The van der Waals surface area contributed by atoms with Crippen molar-refractivity contribution in [3.63, 3.8) is 0 Å². The summed E-state index contributed by atoms with van der Waals surface area (Å²) in [6.07, 6.45) is -2.23. The van der Waals surface area contributed by atoms with E-state index >= 15 is 0 Å². The van der Waals surface area contributed by atoms with Gasteiger partial charge in [-0.2, -0.15) is 10.3 Å². The number of nitrogens with one attached hydrogen (secondary N) is 1. The van der Waals surface area contributed by atoms with Gasteiger partial charge in [0.1, 0.15) is 19.3 Å². The van der Waals surface area contributed by atoms with Gasteiger partial charge < -0.3 is 14.2 Å². The molecule has 1 N–H and O–H groups in total. The molecule has 3 aromatic carbocycles.